The first-order valence-electron chi connectivity index (χ1n) is 7.39. The normalized spacial score (nSPS) is 25.4. The number of methoxy groups -OCH3 is 1. The summed E-state index contributed by atoms with van der Waals surface area (Å²) in [7, 11) is 1.36. The molecule has 1 aliphatic heterocycles. The maximum absolute atomic E-state index is 12.7. The molecule has 112 valence electrons. The lowest BCUT2D eigenvalue weighted by Gasteiger charge is -2.23. The van der Waals surface area contributed by atoms with E-state index in [-0.39, 0.29) is 18.3 Å². The van der Waals surface area contributed by atoms with Crippen molar-refractivity contribution in [3.05, 3.63) is 35.4 Å². The van der Waals surface area contributed by atoms with Gasteiger partial charge in [-0.2, -0.15) is 0 Å². The Morgan fingerprint density at radius 3 is 2.48 bits per heavy atom. The van der Waals surface area contributed by atoms with Crippen LogP contribution in [0.15, 0.2) is 24.3 Å². The van der Waals surface area contributed by atoms with Gasteiger partial charge in [0.05, 0.1) is 13.5 Å². The Morgan fingerprint density at radius 2 is 1.86 bits per heavy atom. The Labute approximate surface area is 125 Å². The van der Waals surface area contributed by atoms with Crippen LogP contribution in [0.2, 0.25) is 0 Å². The van der Waals surface area contributed by atoms with Crippen LogP contribution in [0.3, 0.4) is 0 Å². The van der Waals surface area contributed by atoms with Crippen molar-refractivity contribution in [1.29, 1.82) is 0 Å². The summed E-state index contributed by atoms with van der Waals surface area (Å²) in [5.74, 6) is 0.988. The minimum Gasteiger partial charge on any atom is -0.469 e. The molecule has 1 aliphatic carbocycles. The van der Waals surface area contributed by atoms with Crippen molar-refractivity contribution in [1.82, 2.24) is 4.90 Å². The van der Waals surface area contributed by atoms with Crippen LogP contribution in [-0.2, 0) is 16.0 Å². The monoisotopic (exact) mass is 287 g/mol. The van der Waals surface area contributed by atoms with Crippen LogP contribution in [0.5, 0.6) is 0 Å². The summed E-state index contributed by atoms with van der Waals surface area (Å²) >= 11 is 0. The topological polar surface area (TPSA) is 46.6 Å². The van der Waals surface area contributed by atoms with Gasteiger partial charge in [0, 0.05) is 18.7 Å². The molecule has 4 heteroatoms. The molecule has 0 spiro atoms. The smallest absolute Gasteiger partial charge is 0.310 e. The third-order valence-electron chi connectivity index (χ3n) is 5.22. The fourth-order valence-electron chi connectivity index (χ4n) is 3.58. The first kappa shape index (κ1) is 14.1. The average Bonchev–Trinajstić information content (AvgIpc) is 2.84. The highest BCUT2D eigenvalue weighted by Crippen LogP contribution is 2.62. The van der Waals surface area contributed by atoms with E-state index < -0.39 is 0 Å². The molecule has 1 aromatic carbocycles. The van der Waals surface area contributed by atoms with Crippen molar-refractivity contribution < 1.29 is 14.3 Å². The number of hydrogen-bond acceptors (Lipinski definition) is 3. The van der Waals surface area contributed by atoms with Gasteiger partial charge in [-0.05, 0) is 28.9 Å². The van der Waals surface area contributed by atoms with Crippen LogP contribution < -0.4 is 0 Å². The molecule has 0 radical (unpaired) electrons. The van der Waals surface area contributed by atoms with Crippen LogP contribution in [0.1, 0.15) is 29.8 Å². The summed E-state index contributed by atoms with van der Waals surface area (Å²) in [6.45, 7) is 6.22. The van der Waals surface area contributed by atoms with Crippen LogP contribution in [0.4, 0.5) is 0 Å². The van der Waals surface area contributed by atoms with E-state index in [1.54, 1.807) is 6.07 Å². The van der Waals surface area contributed by atoms with Gasteiger partial charge in [-0.3, -0.25) is 9.59 Å². The molecule has 2 unspecified atom stereocenters. The van der Waals surface area contributed by atoms with E-state index in [2.05, 4.69) is 13.8 Å². The Hall–Kier alpha value is -1.84. The van der Waals surface area contributed by atoms with E-state index in [1.807, 2.05) is 23.1 Å². The molecule has 1 saturated carbocycles. The van der Waals surface area contributed by atoms with E-state index >= 15 is 0 Å². The number of piperidine rings is 1. The second-order valence-corrected chi connectivity index (χ2v) is 6.65. The highest BCUT2D eigenvalue weighted by molar-refractivity contribution is 5.97. The van der Waals surface area contributed by atoms with E-state index in [1.165, 1.54) is 7.11 Å². The molecule has 2 fully saturated rings. The van der Waals surface area contributed by atoms with Crippen LogP contribution in [-0.4, -0.2) is 37.0 Å². The number of likely N-dealkylation sites (tertiary alicyclic amines) is 1. The zero-order valence-corrected chi connectivity index (χ0v) is 12.8. The molecule has 2 atom stereocenters. The number of fused-ring (bicyclic) bond motifs is 1. The zero-order chi connectivity index (χ0) is 15.2. The molecule has 0 aromatic heterocycles. The third-order valence-corrected chi connectivity index (χ3v) is 5.22. The van der Waals surface area contributed by atoms with Crippen molar-refractivity contribution in [2.75, 3.05) is 20.2 Å². The van der Waals surface area contributed by atoms with Crippen molar-refractivity contribution in [2.24, 2.45) is 17.3 Å². The van der Waals surface area contributed by atoms with Gasteiger partial charge in [0.25, 0.3) is 5.91 Å². The molecule has 1 aromatic rings. The SMILES string of the molecule is COC(=O)Cc1ccccc1C(=O)N1CC2C(C1)C2(C)C. The number of hydrogen-bond donors (Lipinski definition) is 0. The van der Waals surface area contributed by atoms with Gasteiger partial charge in [-0.15, -0.1) is 0 Å². The summed E-state index contributed by atoms with van der Waals surface area (Å²) in [5, 5.41) is 0. The van der Waals surface area contributed by atoms with E-state index in [0.717, 1.165) is 18.7 Å². The van der Waals surface area contributed by atoms with E-state index in [4.69, 9.17) is 4.74 Å². The summed E-state index contributed by atoms with van der Waals surface area (Å²) in [6, 6.07) is 7.31. The van der Waals surface area contributed by atoms with Crippen LogP contribution >= 0.6 is 0 Å². The maximum atomic E-state index is 12.7. The lowest BCUT2D eigenvalue weighted by molar-refractivity contribution is -0.139. The number of nitrogens with zero attached hydrogens (tertiary/aromatic N) is 1. The molecule has 21 heavy (non-hydrogen) atoms. The molecule has 4 nitrogen and oxygen atoms in total. The summed E-state index contributed by atoms with van der Waals surface area (Å²) < 4.78 is 4.70. The third kappa shape index (κ3) is 2.33. The maximum Gasteiger partial charge on any atom is 0.310 e. The summed E-state index contributed by atoms with van der Waals surface area (Å²) in [6.07, 6.45) is 0.143. The van der Waals surface area contributed by atoms with Gasteiger partial charge in [-0.1, -0.05) is 32.0 Å². The van der Waals surface area contributed by atoms with Crippen molar-refractivity contribution >= 4 is 11.9 Å². The minimum absolute atomic E-state index is 0.0394. The number of ether oxygens (including phenoxy) is 1. The zero-order valence-electron chi connectivity index (χ0n) is 12.8. The lowest BCUT2D eigenvalue weighted by Crippen LogP contribution is -2.33. The minimum atomic E-state index is -0.319. The Kier molecular flexibility index (Phi) is 3.27. The van der Waals surface area contributed by atoms with Gasteiger partial charge < -0.3 is 9.64 Å². The molecule has 1 heterocycles. The average molecular weight is 287 g/mol. The van der Waals surface area contributed by atoms with Crippen molar-refractivity contribution in [3.63, 3.8) is 0 Å². The number of carbonyl (C=O) groups excluding carboxylic acids is 2. The molecule has 0 bridgehead atoms. The number of benzene rings is 1. The highest BCUT2D eigenvalue weighted by Gasteiger charge is 2.62. The Balaban J connectivity index is 1.75. The Morgan fingerprint density at radius 1 is 1.24 bits per heavy atom. The van der Waals surface area contributed by atoms with Gasteiger partial charge in [0.15, 0.2) is 0 Å². The van der Waals surface area contributed by atoms with Gasteiger partial charge in [0.2, 0.25) is 0 Å². The Bertz CT molecular complexity index is 579. The summed E-state index contributed by atoms with van der Waals surface area (Å²) in [4.78, 5) is 26.1. The molecule has 1 amide bonds. The number of amides is 1. The standard InChI is InChI=1S/C17H21NO3/c1-17(2)13-9-18(10-14(13)17)16(20)12-7-5-4-6-11(12)8-15(19)21-3/h4-7,13-14H,8-10H2,1-3H3. The fraction of sp³-hybridized carbons (Fsp3) is 0.529. The second kappa shape index (κ2) is 4.86. The number of esters is 1. The first-order chi connectivity index (χ1) is 9.95. The van der Waals surface area contributed by atoms with Gasteiger partial charge in [-0.25, -0.2) is 0 Å². The molecule has 3 rings (SSSR count). The van der Waals surface area contributed by atoms with E-state index in [9.17, 15) is 9.59 Å². The molecule has 1 saturated heterocycles. The second-order valence-electron chi connectivity index (χ2n) is 6.65. The fourth-order valence-corrected chi connectivity index (χ4v) is 3.58. The quantitative estimate of drug-likeness (QED) is 0.800. The van der Waals surface area contributed by atoms with Crippen molar-refractivity contribution in [2.45, 2.75) is 20.3 Å². The highest BCUT2D eigenvalue weighted by atomic mass is 16.5. The number of rotatable bonds is 3. The predicted octanol–water partition coefficient (Wildman–Crippen LogP) is 2.13. The molecular weight excluding hydrogens is 266 g/mol. The molecule has 0 N–H and O–H groups in total. The largest absolute Gasteiger partial charge is 0.469 e. The number of carbonyl (C=O) groups is 2. The molecular formula is C17H21NO3. The van der Waals surface area contributed by atoms with Crippen LogP contribution in [0, 0.1) is 17.3 Å². The van der Waals surface area contributed by atoms with Gasteiger partial charge in [0.1, 0.15) is 0 Å². The van der Waals surface area contributed by atoms with Crippen LogP contribution in [0.25, 0.3) is 0 Å². The van der Waals surface area contributed by atoms with Crippen molar-refractivity contribution in [3.8, 4) is 0 Å². The summed E-state index contributed by atoms with van der Waals surface area (Å²) in [5.41, 5.74) is 1.76. The van der Waals surface area contributed by atoms with E-state index in [0.29, 0.717) is 22.8 Å². The van der Waals surface area contributed by atoms with Gasteiger partial charge >= 0.3 is 5.97 Å². The molecule has 2 aliphatic rings. The first-order valence-corrected chi connectivity index (χ1v) is 7.39. The predicted molar refractivity (Wildman–Crippen MR) is 78.8 cm³/mol. The lowest BCUT2D eigenvalue weighted by atomic mass is 10.0.